The van der Waals surface area contributed by atoms with Crippen LogP contribution in [-0.4, -0.2) is 53.3 Å². The molecule has 5 N–H and O–H groups in total. The van der Waals surface area contributed by atoms with E-state index in [0.717, 1.165) is 18.4 Å². The lowest BCUT2D eigenvalue weighted by atomic mass is 9.75. The van der Waals surface area contributed by atoms with Gasteiger partial charge in [0.05, 0.1) is 5.92 Å². The van der Waals surface area contributed by atoms with Gasteiger partial charge in [-0.05, 0) is 96.6 Å². The molecule has 1 aromatic rings. The van der Waals surface area contributed by atoms with Gasteiger partial charge in [0.1, 0.15) is 17.3 Å². The predicted octanol–water partition coefficient (Wildman–Crippen LogP) is 10.7. The van der Waals surface area contributed by atoms with E-state index in [0.29, 0.717) is 54.2 Å². The third kappa shape index (κ3) is 36.3. The van der Waals surface area contributed by atoms with Crippen molar-refractivity contribution in [3.8, 4) is 0 Å². The van der Waals surface area contributed by atoms with Crippen molar-refractivity contribution in [3.05, 3.63) is 35.9 Å². The van der Waals surface area contributed by atoms with Crippen molar-refractivity contribution in [1.29, 1.82) is 0 Å². The first-order valence-electron chi connectivity index (χ1n) is 22.8. The van der Waals surface area contributed by atoms with Gasteiger partial charge in [0.15, 0.2) is 5.78 Å². The highest BCUT2D eigenvalue weighted by atomic mass is 16.2. The van der Waals surface area contributed by atoms with Gasteiger partial charge in [-0.3, -0.25) is 28.8 Å². The summed E-state index contributed by atoms with van der Waals surface area (Å²) < 4.78 is 0. The highest BCUT2D eigenvalue weighted by Gasteiger charge is 2.26. The number of amides is 2. The van der Waals surface area contributed by atoms with Crippen molar-refractivity contribution in [3.63, 3.8) is 0 Å². The molecule has 6 unspecified atom stereocenters. The van der Waals surface area contributed by atoms with Crippen LogP contribution < -0.4 is 16.8 Å². The molecule has 0 bridgehead atoms. The molecule has 0 heterocycles. The zero-order valence-corrected chi connectivity index (χ0v) is 41.0. The van der Waals surface area contributed by atoms with Crippen molar-refractivity contribution < 1.29 is 33.6 Å². The van der Waals surface area contributed by atoms with Crippen LogP contribution in [0.2, 0.25) is 0 Å². The molecule has 0 radical (unpaired) electrons. The number of nitrogens with two attached hydrogens (primary N) is 2. The number of carbonyl (C=O) groups is 7. The predicted molar refractivity (Wildman–Crippen MR) is 251 cm³/mol. The van der Waals surface area contributed by atoms with E-state index in [1.54, 1.807) is 34.6 Å². The molecule has 348 valence electrons. The van der Waals surface area contributed by atoms with Crippen molar-refractivity contribution in [2.24, 2.45) is 40.6 Å². The van der Waals surface area contributed by atoms with Crippen molar-refractivity contribution >= 4 is 40.7 Å². The molecule has 1 aromatic carbocycles. The summed E-state index contributed by atoms with van der Waals surface area (Å²) in [6.45, 7) is 28.7. The van der Waals surface area contributed by atoms with E-state index < -0.39 is 0 Å². The molecular formula is C50H91N3O7. The molecule has 60 heavy (non-hydrogen) atoms. The molecule has 1 aliphatic carbocycles. The van der Waals surface area contributed by atoms with E-state index in [1.165, 1.54) is 78.1 Å². The zero-order chi connectivity index (χ0) is 47.4. The highest BCUT2D eigenvalue weighted by Crippen LogP contribution is 2.35. The maximum absolute atomic E-state index is 11.3. The van der Waals surface area contributed by atoms with Crippen molar-refractivity contribution in [2.75, 3.05) is 6.54 Å². The Balaban J connectivity index is -0.000000321. The number of hydrogen-bond acceptors (Lipinski definition) is 8. The van der Waals surface area contributed by atoms with Crippen LogP contribution in [0.4, 0.5) is 0 Å². The second-order valence-electron chi connectivity index (χ2n) is 17.1. The standard InChI is InChI=1S/C14H28O.C10H18O.C9H11NO.C7H13NO2.C6H13NO.C4H8O/c1-6-8-9-10-14(5,7-2)11-12(3)13(4)15;1-8(9(2)11)10-6-4-3-5-7-10;1-7(9(10)11)8-5-3-2-4-6-8;1-5(3-4-8)7(10)6(2)9;1-4-5(2)7-6(3)8;1-3-4(2)5/h12H,6-11H2,1-5H3;8,10H,3-7H2,1-2H3;2-7H,1H3,(H2,10,11);5H,3-4,8H2,1-2H3;5H,4H2,1-3H3,(H,7,8);3H2,1-2H3. The van der Waals surface area contributed by atoms with Gasteiger partial charge in [0, 0.05) is 44.1 Å². The Morgan fingerprint density at radius 3 is 1.62 bits per heavy atom. The first-order valence-corrected chi connectivity index (χ1v) is 22.8. The molecule has 2 rings (SSSR count). The summed E-state index contributed by atoms with van der Waals surface area (Å²) in [5.41, 5.74) is 11.7. The van der Waals surface area contributed by atoms with Gasteiger partial charge in [-0.1, -0.05) is 131 Å². The lowest BCUT2D eigenvalue weighted by molar-refractivity contribution is -0.137. The number of rotatable bonds is 19. The Labute approximate surface area is 367 Å². The minimum Gasteiger partial charge on any atom is -0.369 e. The largest absolute Gasteiger partial charge is 0.369 e. The summed E-state index contributed by atoms with van der Waals surface area (Å²) in [5, 5.41) is 2.75. The average molecular weight is 846 g/mol. The van der Waals surface area contributed by atoms with Crippen LogP contribution in [0.1, 0.15) is 205 Å². The zero-order valence-electron chi connectivity index (χ0n) is 41.0. The quantitative estimate of drug-likeness (QED) is 0.0907. The minimum atomic E-state index is -0.374. The first-order chi connectivity index (χ1) is 27.9. The van der Waals surface area contributed by atoms with Gasteiger partial charge in [-0.25, -0.2) is 0 Å². The van der Waals surface area contributed by atoms with Crippen LogP contribution >= 0.6 is 0 Å². The molecule has 0 aromatic heterocycles. The van der Waals surface area contributed by atoms with Gasteiger partial charge < -0.3 is 21.6 Å². The number of ketones is 5. The fraction of sp³-hybridized carbons (Fsp3) is 0.740. The molecule has 0 aliphatic heterocycles. The molecule has 6 atom stereocenters. The number of primary amides is 1. The molecule has 10 heteroatoms. The molecule has 10 nitrogen and oxygen atoms in total. The Morgan fingerprint density at radius 2 is 1.28 bits per heavy atom. The summed E-state index contributed by atoms with van der Waals surface area (Å²) in [6, 6.07) is 9.83. The number of benzene rings is 1. The summed E-state index contributed by atoms with van der Waals surface area (Å²) in [6.07, 6.45) is 16.3. The molecule has 2 amide bonds. The topological polar surface area (TPSA) is 184 Å². The third-order valence-corrected chi connectivity index (χ3v) is 11.4. The monoisotopic (exact) mass is 846 g/mol. The van der Waals surface area contributed by atoms with E-state index in [1.807, 2.05) is 51.1 Å². The second-order valence-corrected chi connectivity index (χ2v) is 17.1. The third-order valence-electron chi connectivity index (χ3n) is 11.4. The lowest BCUT2D eigenvalue weighted by Gasteiger charge is -2.30. The summed E-state index contributed by atoms with van der Waals surface area (Å²) in [7, 11) is 0. The van der Waals surface area contributed by atoms with Gasteiger partial charge in [-0.15, -0.1) is 0 Å². The maximum Gasteiger partial charge on any atom is 0.224 e. The lowest BCUT2D eigenvalue weighted by Crippen LogP contribution is -2.29. The van der Waals surface area contributed by atoms with Crippen LogP contribution in [0.25, 0.3) is 0 Å². The first kappa shape index (κ1) is 63.1. The number of hydrogen-bond donors (Lipinski definition) is 3. The molecule has 1 aliphatic rings. The van der Waals surface area contributed by atoms with Crippen LogP contribution in [0.15, 0.2) is 30.3 Å². The van der Waals surface area contributed by atoms with E-state index in [4.69, 9.17) is 11.5 Å². The fourth-order valence-corrected chi connectivity index (χ4v) is 6.16. The van der Waals surface area contributed by atoms with Gasteiger partial charge in [0.2, 0.25) is 17.6 Å². The van der Waals surface area contributed by atoms with Gasteiger partial charge in [0.25, 0.3) is 0 Å². The number of Topliss-reactive ketones (excluding diaryl/α,β-unsaturated/α-hetero) is 5. The van der Waals surface area contributed by atoms with Gasteiger partial charge >= 0.3 is 0 Å². The Kier molecular flexibility index (Phi) is 40.4. The second kappa shape index (κ2) is 38.4. The Hall–Kier alpha value is -3.53. The normalized spacial score (nSPS) is 15.3. The number of carbonyl (C=O) groups excluding carboxylic acids is 7. The molecule has 1 saturated carbocycles. The number of unbranched alkanes of at least 4 members (excludes halogenated alkanes) is 2. The summed E-state index contributed by atoms with van der Waals surface area (Å²) in [5.74, 6) is 0.904. The Bertz CT molecular complexity index is 1330. The smallest absolute Gasteiger partial charge is 0.224 e. The molecule has 1 fully saturated rings. The molecular weight excluding hydrogens is 755 g/mol. The highest BCUT2D eigenvalue weighted by molar-refractivity contribution is 6.36. The van der Waals surface area contributed by atoms with E-state index in [2.05, 4.69) is 39.9 Å². The van der Waals surface area contributed by atoms with E-state index in [9.17, 15) is 33.6 Å². The van der Waals surface area contributed by atoms with Crippen molar-refractivity contribution in [2.45, 2.75) is 206 Å². The fourth-order valence-electron chi connectivity index (χ4n) is 6.16. The minimum absolute atomic E-state index is 0.0550. The van der Waals surface area contributed by atoms with Crippen LogP contribution in [0.5, 0.6) is 0 Å². The van der Waals surface area contributed by atoms with Crippen LogP contribution in [0.3, 0.4) is 0 Å². The van der Waals surface area contributed by atoms with Crippen LogP contribution in [-0.2, 0) is 33.6 Å². The molecule has 0 saturated heterocycles. The van der Waals surface area contributed by atoms with Crippen molar-refractivity contribution in [1.82, 2.24) is 5.32 Å². The SMILES string of the molecule is CC(=O)C(=O)C(C)CCN.CC(=O)C(C)C1CCCCC1.CC(C(N)=O)c1ccccc1.CCC(C)=O.CCC(C)NC(C)=O.CCCCCC(C)(CC)CC(C)C(C)=O. The summed E-state index contributed by atoms with van der Waals surface area (Å²) in [4.78, 5) is 74.4. The van der Waals surface area contributed by atoms with E-state index in [-0.39, 0.29) is 46.9 Å². The van der Waals surface area contributed by atoms with Crippen LogP contribution in [0, 0.1) is 29.1 Å². The van der Waals surface area contributed by atoms with Gasteiger partial charge in [-0.2, -0.15) is 0 Å². The average Bonchev–Trinajstić information content (AvgIpc) is 3.21. The maximum atomic E-state index is 11.3. The molecule has 0 spiro atoms. The van der Waals surface area contributed by atoms with E-state index >= 15 is 0 Å². The Morgan fingerprint density at radius 1 is 0.767 bits per heavy atom. The number of nitrogens with one attached hydrogen (secondary N) is 1. The summed E-state index contributed by atoms with van der Waals surface area (Å²) >= 11 is 0.